The van der Waals surface area contributed by atoms with Crippen LogP contribution in [-0.2, 0) is 25.4 Å². The number of imidazole rings is 1. The highest BCUT2D eigenvalue weighted by atomic mass is 35.5. The molecule has 0 aromatic carbocycles. The van der Waals surface area contributed by atoms with Gasteiger partial charge in [0, 0.05) is 24.9 Å². The van der Waals surface area contributed by atoms with Gasteiger partial charge in [0.15, 0.2) is 5.65 Å². The van der Waals surface area contributed by atoms with E-state index in [1.165, 1.54) is 0 Å². The topological polar surface area (TPSA) is 35.6 Å². The summed E-state index contributed by atoms with van der Waals surface area (Å²) >= 11 is 5.89. The minimum Gasteiger partial charge on any atom is -0.307 e. The van der Waals surface area contributed by atoms with Crippen molar-refractivity contribution in [2.75, 3.05) is 5.88 Å². The summed E-state index contributed by atoms with van der Waals surface area (Å²) < 4.78 is 4.20. The number of aromatic nitrogens is 4. The van der Waals surface area contributed by atoms with Crippen molar-refractivity contribution in [1.29, 1.82) is 0 Å². The van der Waals surface area contributed by atoms with E-state index in [9.17, 15) is 0 Å². The van der Waals surface area contributed by atoms with Crippen LogP contribution in [0, 0.1) is 0 Å². The first-order valence-corrected chi connectivity index (χ1v) is 6.93. The Hall–Kier alpha value is -1.03. The molecule has 0 amide bonds. The lowest BCUT2D eigenvalue weighted by atomic mass is 10.1. The molecule has 0 aliphatic heterocycles. The van der Waals surface area contributed by atoms with Gasteiger partial charge in [0.05, 0.1) is 5.69 Å². The van der Waals surface area contributed by atoms with Crippen LogP contribution in [0.25, 0.3) is 11.2 Å². The number of hydrogen-bond donors (Lipinski definition) is 0. The summed E-state index contributed by atoms with van der Waals surface area (Å²) in [6.45, 7) is 8.67. The third-order valence-corrected chi connectivity index (χ3v) is 3.29. The number of nitrogens with zero attached hydrogens (tertiary/aromatic N) is 4. The van der Waals surface area contributed by atoms with E-state index in [1.807, 2.05) is 11.7 Å². The number of hydrogen-bond acceptors (Lipinski definition) is 2. The fourth-order valence-electron chi connectivity index (χ4n) is 2.42. The SMILES string of the molecule is CCc1nn(C)c2c1nc(CCCl)n2C(C)(C)C. The van der Waals surface area contributed by atoms with E-state index >= 15 is 0 Å². The third-order valence-electron chi connectivity index (χ3n) is 3.10. The molecule has 0 atom stereocenters. The van der Waals surface area contributed by atoms with Gasteiger partial charge < -0.3 is 4.57 Å². The van der Waals surface area contributed by atoms with Crippen molar-refractivity contribution in [2.45, 2.75) is 46.1 Å². The second kappa shape index (κ2) is 4.57. The van der Waals surface area contributed by atoms with E-state index < -0.39 is 0 Å². The molecule has 4 nitrogen and oxygen atoms in total. The number of rotatable bonds is 3. The molecule has 2 aromatic heterocycles. The first-order valence-electron chi connectivity index (χ1n) is 6.39. The van der Waals surface area contributed by atoms with Crippen LogP contribution in [0.15, 0.2) is 0 Å². The molecular weight excluding hydrogens is 248 g/mol. The molecule has 2 rings (SSSR count). The molecule has 0 bridgehead atoms. The van der Waals surface area contributed by atoms with Crippen LogP contribution in [-0.4, -0.2) is 25.2 Å². The molecule has 100 valence electrons. The van der Waals surface area contributed by atoms with E-state index in [2.05, 4.69) is 37.4 Å². The van der Waals surface area contributed by atoms with Gasteiger partial charge in [-0.1, -0.05) is 6.92 Å². The highest BCUT2D eigenvalue weighted by Gasteiger charge is 2.25. The van der Waals surface area contributed by atoms with E-state index in [1.54, 1.807) is 0 Å². The van der Waals surface area contributed by atoms with Crippen LogP contribution < -0.4 is 0 Å². The van der Waals surface area contributed by atoms with Gasteiger partial charge in [-0.25, -0.2) is 4.98 Å². The minimum atomic E-state index is -0.0189. The van der Waals surface area contributed by atoms with Crippen molar-refractivity contribution in [1.82, 2.24) is 19.3 Å². The second-order valence-electron chi connectivity index (χ2n) is 5.57. The maximum Gasteiger partial charge on any atom is 0.159 e. The predicted octanol–water partition coefficient (Wildman–Crippen LogP) is 2.87. The molecule has 0 radical (unpaired) electrons. The van der Waals surface area contributed by atoms with Gasteiger partial charge in [-0.05, 0) is 27.2 Å². The zero-order valence-corrected chi connectivity index (χ0v) is 12.5. The zero-order valence-electron chi connectivity index (χ0n) is 11.8. The lowest BCUT2D eigenvalue weighted by molar-refractivity contribution is 0.388. The Morgan fingerprint density at radius 1 is 1.28 bits per heavy atom. The normalized spacial score (nSPS) is 12.6. The summed E-state index contributed by atoms with van der Waals surface area (Å²) in [4.78, 5) is 4.76. The summed E-state index contributed by atoms with van der Waals surface area (Å²) in [7, 11) is 1.98. The van der Waals surface area contributed by atoms with Crippen LogP contribution in [0.2, 0.25) is 0 Å². The molecule has 18 heavy (non-hydrogen) atoms. The number of alkyl halides is 1. The van der Waals surface area contributed by atoms with Crippen LogP contribution in [0.4, 0.5) is 0 Å². The van der Waals surface area contributed by atoms with Crippen molar-refractivity contribution in [3.8, 4) is 0 Å². The van der Waals surface area contributed by atoms with Gasteiger partial charge in [0.2, 0.25) is 0 Å². The minimum absolute atomic E-state index is 0.0189. The predicted molar refractivity (Wildman–Crippen MR) is 75.3 cm³/mol. The molecule has 2 heterocycles. The Labute approximate surface area is 113 Å². The number of aryl methyl sites for hydroxylation is 3. The molecule has 5 heteroatoms. The van der Waals surface area contributed by atoms with Crippen LogP contribution in [0.1, 0.15) is 39.2 Å². The highest BCUT2D eigenvalue weighted by Crippen LogP contribution is 2.27. The maximum absolute atomic E-state index is 5.89. The first kappa shape index (κ1) is 13.4. The molecule has 2 aromatic rings. The second-order valence-corrected chi connectivity index (χ2v) is 5.95. The molecule has 0 spiro atoms. The van der Waals surface area contributed by atoms with E-state index in [0.29, 0.717) is 5.88 Å². The Balaban J connectivity index is 2.77. The van der Waals surface area contributed by atoms with Gasteiger partial charge in [-0.15, -0.1) is 11.6 Å². The van der Waals surface area contributed by atoms with Crippen molar-refractivity contribution in [3.05, 3.63) is 11.5 Å². The molecule has 0 saturated heterocycles. The molecule has 0 fully saturated rings. The van der Waals surface area contributed by atoms with Crippen molar-refractivity contribution < 1.29 is 0 Å². The fraction of sp³-hybridized carbons (Fsp3) is 0.692. The van der Waals surface area contributed by atoms with Crippen molar-refractivity contribution >= 4 is 22.8 Å². The Morgan fingerprint density at radius 2 is 1.94 bits per heavy atom. The van der Waals surface area contributed by atoms with Crippen molar-refractivity contribution in [2.24, 2.45) is 7.05 Å². The summed E-state index contributed by atoms with van der Waals surface area (Å²) in [6.07, 6.45) is 1.69. The van der Waals surface area contributed by atoms with Crippen LogP contribution in [0.5, 0.6) is 0 Å². The lowest BCUT2D eigenvalue weighted by Gasteiger charge is -2.24. The van der Waals surface area contributed by atoms with E-state index in [-0.39, 0.29) is 5.54 Å². The molecule has 0 aliphatic rings. The molecular formula is C13H21ClN4. The van der Waals surface area contributed by atoms with Gasteiger partial charge in [0.1, 0.15) is 11.3 Å². The first-order chi connectivity index (χ1) is 8.40. The Bertz CT molecular complexity index is 560. The lowest BCUT2D eigenvalue weighted by Crippen LogP contribution is -2.25. The maximum atomic E-state index is 5.89. The zero-order chi connectivity index (χ0) is 13.5. The highest BCUT2D eigenvalue weighted by molar-refractivity contribution is 6.17. The summed E-state index contributed by atoms with van der Waals surface area (Å²) in [5.41, 5.74) is 3.16. The quantitative estimate of drug-likeness (QED) is 0.803. The van der Waals surface area contributed by atoms with E-state index in [0.717, 1.165) is 35.5 Å². The smallest absolute Gasteiger partial charge is 0.159 e. The summed E-state index contributed by atoms with van der Waals surface area (Å²) in [5, 5.41) is 4.54. The molecule has 0 unspecified atom stereocenters. The summed E-state index contributed by atoms with van der Waals surface area (Å²) in [6, 6.07) is 0. The Morgan fingerprint density at radius 3 is 2.44 bits per heavy atom. The van der Waals surface area contributed by atoms with Crippen LogP contribution >= 0.6 is 11.6 Å². The van der Waals surface area contributed by atoms with E-state index in [4.69, 9.17) is 16.6 Å². The average molecular weight is 269 g/mol. The van der Waals surface area contributed by atoms with Gasteiger partial charge >= 0.3 is 0 Å². The molecule has 0 saturated carbocycles. The van der Waals surface area contributed by atoms with Crippen LogP contribution in [0.3, 0.4) is 0 Å². The summed E-state index contributed by atoms with van der Waals surface area (Å²) in [5.74, 6) is 1.64. The third kappa shape index (κ3) is 2.03. The van der Waals surface area contributed by atoms with Crippen molar-refractivity contribution in [3.63, 3.8) is 0 Å². The van der Waals surface area contributed by atoms with Gasteiger partial charge in [-0.2, -0.15) is 5.10 Å². The monoisotopic (exact) mass is 268 g/mol. The number of halogens is 1. The van der Waals surface area contributed by atoms with Gasteiger partial charge in [-0.3, -0.25) is 4.68 Å². The Kier molecular flexibility index (Phi) is 3.41. The average Bonchev–Trinajstić information content (AvgIpc) is 2.76. The standard InChI is InChI=1S/C13H21ClN4/c1-6-9-11-12(17(5)16-9)18(13(2,3)4)10(15-11)7-8-14/h6-8H2,1-5H3. The number of fused-ring (bicyclic) bond motifs is 1. The fourth-order valence-corrected chi connectivity index (χ4v) is 2.59. The largest absolute Gasteiger partial charge is 0.307 e. The molecule has 0 N–H and O–H groups in total. The molecule has 0 aliphatic carbocycles. The van der Waals surface area contributed by atoms with Gasteiger partial charge in [0.25, 0.3) is 0 Å².